The van der Waals surface area contributed by atoms with Crippen molar-refractivity contribution in [1.29, 1.82) is 0 Å². The van der Waals surface area contributed by atoms with Crippen LogP contribution in [0.5, 0.6) is 11.5 Å². The number of fused-ring (bicyclic) bond motifs is 1. The Balaban J connectivity index is 1.34. The van der Waals surface area contributed by atoms with Gasteiger partial charge in [-0.05, 0) is 24.3 Å². The Labute approximate surface area is 172 Å². The van der Waals surface area contributed by atoms with Crippen molar-refractivity contribution in [3.05, 3.63) is 58.1 Å². The van der Waals surface area contributed by atoms with Crippen LogP contribution in [-0.2, 0) is 4.79 Å². The number of hydrogen-bond acceptors (Lipinski definition) is 10. The third-order valence-electron chi connectivity index (χ3n) is 3.92. The summed E-state index contributed by atoms with van der Waals surface area (Å²) < 4.78 is 16.1. The number of hydrogen-bond donors (Lipinski definition) is 1. The number of benzene rings is 2. The van der Waals surface area contributed by atoms with E-state index >= 15 is 0 Å². The summed E-state index contributed by atoms with van der Waals surface area (Å²) in [5.41, 5.74) is 0.390. The second-order valence-corrected chi connectivity index (χ2v) is 6.84. The normalized spacial score (nSPS) is 11.9. The summed E-state index contributed by atoms with van der Waals surface area (Å²) in [5, 5.41) is 20.9. The molecule has 30 heavy (non-hydrogen) atoms. The highest BCUT2D eigenvalue weighted by atomic mass is 32.2. The molecule has 2 amide bonds. The number of amides is 2. The number of imide groups is 1. The minimum absolute atomic E-state index is 0.00503. The predicted molar refractivity (Wildman–Crippen MR) is 102 cm³/mol. The van der Waals surface area contributed by atoms with Crippen LogP contribution in [0.3, 0.4) is 0 Å². The number of carbonyl (C=O) groups is 2. The number of ether oxygens (including phenoxy) is 2. The minimum atomic E-state index is -0.740. The fourth-order valence-electron chi connectivity index (χ4n) is 2.54. The minimum Gasteiger partial charge on any atom is -0.454 e. The van der Waals surface area contributed by atoms with Crippen molar-refractivity contribution >= 4 is 29.3 Å². The first-order valence-corrected chi connectivity index (χ1v) is 9.43. The molecule has 0 radical (unpaired) electrons. The summed E-state index contributed by atoms with van der Waals surface area (Å²) in [7, 11) is 0. The van der Waals surface area contributed by atoms with E-state index in [-0.39, 0.29) is 34.9 Å². The molecular weight excluding hydrogens is 416 g/mol. The summed E-state index contributed by atoms with van der Waals surface area (Å²) in [6, 6.07) is 10.2. The Hall–Kier alpha value is -3.93. The lowest BCUT2D eigenvalue weighted by Gasteiger charge is -2.03. The number of nitrogens with one attached hydrogen (secondary N) is 1. The van der Waals surface area contributed by atoms with Crippen LogP contribution in [0.1, 0.15) is 10.4 Å². The van der Waals surface area contributed by atoms with Crippen LogP contribution in [0.25, 0.3) is 11.5 Å². The van der Waals surface area contributed by atoms with Crippen molar-refractivity contribution in [2.45, 2.75) is 5.22 Å². The van der Waals surface area contributed by atoms with Crippen molar-refractivity contribution in [2.75, 3.05) is 12.5 Å². The molecule has 1 aromatic heterocycles. The molecule has 0 fully saturated rings. The van der Waals surface area contributed by atoms with Crippen molar-refractivity contribution in [2.24, 2.45) is 0 Å². The largest absolute Gasteiger partial charge is 0.454 e. The van der Waals surface area contributed by atoms with Gasteiger partial charge < -0.3 is 13.9 Å². The number of non-ortho nitro benzene ring substituents is 1. The molecular formula is C18H12N4O7S. The van der Waals surface area contributed by atoms with Crippen LogP contribution >= 0.6 is 11.8 Å². The summed E-state index contributed by atoms with van der Waals surface area (Å²) in [4.78, 5) is 34.3. The Morgan fingerprint density at radius 2 is 1.97 bits per heavy atom. The molecule has 0 aliphatic carbocycles. The van der Waals surface area contributed by atoms with Crippen molar-refractivity contribution < 1.29 is 28.4 Å². The molecule has 2 heterocycles. The Morgan fingerprint density at radius 3 is 2.80 bits per heavy atom. The topological polar surface area (TPSA) is 147 Å². The van der Waals surface area contributed by atoms with E-state index < -0.39 is 16.7 Å². The maximum atomic E-state index is 12.1. The molecule has 0 saturated heterocycles. The van der Waals surface area contributed by atoms with E-state index in [1.807, 2.05) is 0 Å². The van der Waals surface area contributed by atoms with Crippen LogP contribution in [-0.4, -0.2) is 39.5 Å². The third kappa shape index (κ3) is 4.22. The predicted octanol–water partition coefficient (Wildman–Crippen LogP) is 2.42. The van der Waals surface area contributed by atoms with Crippen LogP contribution in [0, 0.1) is 10.1 Å². The number of aromatic nitrogens is 2. The highest BCUT2D eigenvalue weighted by Crippen LogP contribution is 2.35. The highest BCUT2D eigenvalue weighted by Gasteiger charge is 2.18. The lowest BCUT2D eigenvalue weighted by molar-refractivity contribution is -0.384. The van der Waals surface area contributed by atoms with Gasteiger partial charge in [-0.25, -0.2) is 0 Å². The fourth-order valence-corrected chi connectivity index (χ4v) is 3.10. The van der Waals surface area contributed by atoms with E-state index in [4.69, 9.17) is 13.9 Å². The molecule has 11 nitrogen and oxygen atoms in total. The summed E-state index contributed by atoms with van der Waals surface area (Å²) >= 11 is 0.946. The van der Waals surface area contributed by atoms with Crippen LogP contribution in [0.2, 0.25) is 0 Å². The average Bonchev–Trinajstić information content (AvgIpc) is 3.41. The van der Waals surface area contributed by atoms with Crippen molar-refractivity contribution in [3.63, 3.8) is 0 Å². The highest BCUT2D eigenvalue weighted by molar-refractivity contribution is 7.99. The van der Waals surface area contributed by atoms with Crippen molar-refractivity contribution in [1.82, 2.24) is 15.5 Å². The molecule has 152 valence electrons. The van der Waals surface area contributed by atoms with Crippen LogP contribution < -0.4 is 14.8 Å². The molecule has 0 bridgehead atoms. The van der Waals surface area contributed by atoms with Gasteiger partial charge in [0.25, 0.3) is 16.8 Å². The molecule has 3 aromatic rings. The van der Waals surface area contributed by atoms with Gasteiger partial charge in [0.1, 0.15) is 0 Å². The molecule has 12 heteroatoms. The molecule has 0 saturated carbocycles. The summed E-state index contributed by atoms with van der Waals surface area (Å²) in [6.07, 6.45) is 0. The zero-order valence-corrected chi connectivity index (χ0v) is 15.9. The lowest BCUT2D eigenvalue weighted by atomic mass is 10.2. The molecule has 0 unspecified atom stereocenters. The molecule has 2 aromatic carbocycles. The van der Waals surface area contributed by atoms with Crippen LogP contribution in [0.15, 0.2) is 52.1 Å². The standard InChI is InChI=1S/C18H12N4O7S/c23-15(19-16(24)10-2-1-3-12(6-10)22(25)26)8-30-18-21-20-17(29-18)11-4-5-13-14(7-11)28-9-27-13/h1-7H,8-9H2,(H,19,23,24). The van der Waals surface area contributed by atoms with Gasteiger partial charge in [-0.3, -0.25) is 25.0 Å². The number of nitro groups is 1. The van der Waals surface area contributed by atoms with Gasteiger partial charge in [0.15, 0.2) is 11.5 Å². The zero-order valence-electron chi connectivity index (χ0n) is 15.1. The monoisotopic (exact) mass is 428 g/mol. The van der Waals surface area contributed by atoms with E-state index in [1.54, 1.807) is 18.2 Å². The molecule has 0 atom stereocenters. The van der Waals surface area contributed by atoms with E-state index in [0.29, 0.717) is 17.1 Å². The number of thioether (sulfide) groups is 1. The van der Waals surface area contributed by atoms with E-state index in [9.17, 15) is 19.7 Å². The Bertz CT molecular complexity index is 1150. The van der Waals surface area contributed by atoms with E-state index in [2.05, 4.69) is 15.5 Å². The number of carbonyl (C=O) groups excluding carboxylic acids is 2. The Morgan fingerprint density at radius 1 is 1.13 bits per heavy atom. The third-order valence-corrected chi connectivity index (χ3v) is 4.74. The van der Waals surface area contributed by atoms with E-state index in [1.165, 1.54) is 18.2 Å². The number of rotatable bonds is 6. The smallest absolute Gasteiger partial charge is 0.277 e. The fraction of sp³-hybridized carbons (Fsp3) is 0.111. The second-order valence-electron chi connectivity index (χ2n) is 5.91. The van der Waals surface area contributed by atoms with Gasteiger partial charge in [0.2, 0.25) is 18.6 Å². The number of nitro benzene ring substituents is 1. The first-order chi connectivity index (χ1) is 14.5. The summed E-state index contributed by atoms with van der Waals surface area (Å²) in [6.45, 7) is 0.147. The quantitative estimate of drug-likeness (QED) is 0.353. The van der Waals surface area contributed by atoms with Crippen LogP contribution in [0.4, 0.5) is 5.69 Å². The Kier molecular flexibility index (Phi) is 5.30. The maximum Gasteiger partial charge on any atom is 0.277 e. The van der Waals surface area contributed by atoms with Gasteiger partial charge >= 0.3 is 0 Å². The van der Waals surface area contributed by atoms with Gasteiger partial charge in [0, 0.05) is 23.3 Å². The molecule has 4 rings (SSSR count). The second kappa shape index (κ2) is 8.21. The van der Waals surface area contributed by atoms with Gasteiger partial charge in [-0.2, -0.15) is 0 Å². The molecule has 1 aliphatic rings. The lowest BCUT2D eigenvalue weighted by Crippen LogP contribution is -2.31. The zero-order chi connectivity index (χ0) is 21.1. The first-order valence-electron chi connectivity index (χ1n) is 8.44. The number of nitrogens with zero attached hydrogens (tertiary/aromatic N) is 3. The summed E-state index contributed by atoms with van der Waals surface area (Å²) in [5.74, 6) is -0.0836. The molecule has 0 spiro atoms. The molecule has 1 aliphatic heterocycles. The van der Waals surface area contributed by atoms with Crippen molar-refractivity contribution in [3.8, 4) is 23.0 Å². The van der Waals surface area contributed by atoms with Gasteiger partial charge in [-0.1, -0.05) is 17.8 Å². The van der Waals surface area contributed by atoms with Gasteiger partial charge in [-0.15, -0.1) is 10.2 Å². The molecule has 1 N–H and O–H groups in total. The average molecular weight is 428 g/mol. The first kappa shape index (κ1) is 19.4. The van der Waals surface area contributed by atoms with Gasteiger partial charge in [0.05, 0.1) is 10.7 Å². The maximum absolute atomic E-state index is 12.1. The van der Waals surface area contributed by atoms with E-state index in [0.717, 1.165) is 17.8 Å². The SMILES string of the molecule is O=C(CSc1nnc(-c2ccc3c(c2)OCO3)o1)NC(=O)c1cccc([N+](=O)[O-])c1.